The molecule has 4 aromatic rings. The molecule has 1 amide bonds. The van der Waals surface area contributed by atoms with Crippen molar-refractivity contribution in [1.29, 1.82) is 0 Å². The van der Waals surface area contributed by atoms with Crippen LogP contribution in [0.25, 0.3) is 21.0 Å². The number of aromatic nitrogens is 1. The van der Waals surface area contributed by atoms with Crippen molar-refractivity contribution in [3.63, 3.8) is 0 Å². The van der Waals surface area contributed by atoms with Gasteiger partial charge in [0.05, 0.1) is 17.7 Å². The first-order valence-electron chi connectivity index (χ1n) is 8.01. The van der Waals surface area contributed by atoms with Crippen LogP contribution in [0.1, 0.15) is 15.2 Å². The molecule has 4 rings (SSSR count). The summed E-state index contributed by atoms with van der Waals surface area (Å²) in [5.41, 5.74) is 1.96. The number of carbonyl (C=O) groups excluding carboxylic acids is 1. The molecule has 0 aliphatic rings. The molecule has 4 nitrogen and oxygen atoms in total. The number of aryl methyl sites for hydroxylation is 1. The number of hydrogen-bond donors (Lipinski definition) is 1. The van der Waals surface area contributed by atoms with Crippen LogP contribution >= 0.6 is 11.3 Å². The van der Waals surface area contributed by atoms with Crippen LogP contribution in [0, 0.1) is 12.7 Å². The minimum Gasteiger partial charge on any atom is -0.494 e. The van der Waals surface area contributed by atoms with Gasteiger partial charge in [-0.15, -0.1) is 11.3 Å². The molecule has 0 bridgehead atoms. The first-order chi connectivity index (χ1) is 12.6. The highest BCUT2D eigenvalue weighted by molar-refractivity contribution is 7.21. The lowest BCUT2D eigenvalue weighted by molar-refractivity contribution is 0.103. The number of nitrogens with one attached hydrogen (secondary N) is 1. The maximum Gasteiger partial charge on any atom is 0.266 e. The number of methoxy groups -OCH3 is 1. The number of ether oxygens (including phenoxy) is 1. The number of fused-ring (bicyclic) bond motifs is 2. The molecule has 0 aliphatic carbocycles. The summed E-state index contributed by atoms with van der Waals surface area (Å²) in [5, 5.41) is 4.21. The molecule has 0 saturated heterocycles. The van der Waals surface area contributed by atoms with Crippen LogP contribution in [-0.4, -0.2) is 18.0 Å². The van der Waals surface area contributed by atoms with E-state index in [0.29, 0.717) is 32.8 Å². The number of carbonyl (C=O) groups is 1. The van der Waals surface area contributed by atoms with Crippen molar-refractivity contribution in [1.82, 2.24) is 4.98 Å². The number of pyridine rings is 1. The van der Waals surface area contributed by atoms with E-state index < -0.39 is 0 Å². The first kappa shape index (κ1) is 16.5. The lowest BCUT2D eigenvalue weighted by atomic mass is 10.1. The van der Waals surface area contributed by atoms with Gasteiger partial charge in [0.25, 0.3) is 5.91 Å². The molecule has 0 saturated carbocycles. The summed E-state index contributed by atoms with van der Waals surface area (Å²) in [6, 6.07) is 12.1. The Kier molecular flexibility index (Phi) is 4.05. The third-order valence-corrected chi connectivity index (χ3v) is 5.57. The number of thiophene rings is 1. The molecule has 1 N–H and O–H groups in total. The zero-order valence-corrected chi connectivity index (χ0v) is 15.0. The van der Waals surface area contributed by atoms with Crippen molar-refractivity contribution < 1.29 is 13.9 Å². The zero-order valence-electron chi connectivity index (χ0n) is 14.2. The highest BCUT2D eigenvalue weighted by Gasteiger charge is 2.19. The van der Waals surface area contributed by atoms with Gasteiger partial charge in [-0.25, -0.2) is 4.39 Å². The zero-order chi connectivity index (χ0) is 18.3. The molecular formula is C20H15FN2O2S. The smallest absolute Gasteiger partial charge is 0.266 e. The fraction of sp³-hybridized carbons (Fsp3) is 0.100. The highest BCUT2D eigenvalue weighted by Crippen LogP contribution is 2.34. The summed E-state index contributed by atoms with van der Waals surface area (Å²) in [6.45, 7) is 1.77. The SMILES string of the molecule is COc1ccc(NC(=O)c2sc3cccc(F)c3c2C)c2cccnc12. The summed E-state index contributed by atoms with van der Waals surface area (Å²) in [5.74, 6) is 0.0616. The van der Waals surface area contributed by atoms with E-state index >= 15 is 0 Å². The maximum atomic E-state index is 14.1. The minimum atomic E-state index is -0.311. The van der Waals surface area contributed by atoms with Crippen LogP contribution in [0.15, 0.2) is 48.7 Å². The molecule has 0 unspecified atom stereocenters. The average Bonchev–Trinajstić information content (AvgIpc) is 3.00. The van der Waals surface area contributed by atoms with E-state index in [9.17, 15) is 9.18 Å². The van der Waals surface area contributed by atoms with Crippen molar-refractivity contribution in [2.75, 3.05) is 12.4 Å². The molecule has 0 radical (unpaired) electrons. The van der Waals surface area contributed by atoms with Crippen LogP contribution in [0.5, 0.6) is 5.75 Å². The van der Waals surface area contributed by atoms with E-state index in [-0.39, 0.29) is 11.7 Å². The van der Waals surface area contributed by atoms with Gasteiger partial charge >= 0.3 is 0 Å². The van der Waals surface area contributed by atoms with Gasteiger partial charge in [-0.1, -0.05) is 6.07 Å². The van der Waals surface area contributed by atoms with Crippen molar-refractivity contribution in [3.8, 4) is 5.75 Å². The summed E-state index contributed by atoms with van der Waals surface area (Å²) >= 11 is 1.29. The van der Waals surface area contributed by atoms with Gasteiger partial charge in [-0.05, 0) is 48.9 Å². The molecular weight excluding hydrogens is 351 g/mol. The van der Waals surface area contributed by atoms with Gasteiger partial charge in [0.1, 0.15) is 17.1 Å². The van der Waals surface area contributed by atoms with E-state index in [1.54, 1.807) is 44.5 Å². The summed E-state index contributed by atoms with van der Waals surface area (Å²) in [6.07, 6.45) is 1.68. The normalized spacial score (nSPS) is 11.0. The van der Waals surface area contributed by atoms with E-state index in [1.165, 1.54) is 17.4 Å². The Morgan fingerprint density at radius 3 is 2.81 bits per heavy atom. The molecule has 26 heavy (non-hydrogen) atoms. The van der Waals surface area contributed by atoms with Crippen molar-refractivity contribution in [3.05, 3.63) is 64.9 Å². The molecule has 0 aliphatic heterocycles. The largest absolute Gasteiger partial charge is 0.494 e. The molecule has 130 valence electrons. The second-order valence-electron chi connectivity index (χ2n) is 5.84. The highest BCUT2D eigenvalue weighted by atomic mass is 32.1. The van der Waals surface area contributed by atoms with Crippen molar-refractivity contribution in [2.24, 2.45) is 0 Å². The predicted molar refractivity (Wildman–Crippen MR) is 103 cm³/mol. The maximum absolute atomic E-state index is 14.1. The van der Waals surface area contributed by atoms with Crippen LogP contribution < -0.4 is 10.1 Å². The molecule has 2 aromatic heterocycles. The van der Waals surface area contributed by atoms with Crippen LogP contribution in [-0.2, 0) is 0 Å². The Morgan fingerprint density at radius 2 is 2.04 bits per heavy atom. The van der Waals surface area contributed by atoms with Gasteiger partial charge in [0.15, 0.2) is 0 Å². The fourth-order valence-electron chi connectivity index (χ4n) is 3.07. The van der Waals surface area contributed by atoms with Gasteiger partial charge in [0.2, 0.25) is 0 Å². The summed E-state index contributed by atoms with van der Waals surface area (Å²) in [4.78, 5) is 17.7. The third kappa shape index (κ3) is 2.59. The number of hydrogen-bond acceptors (Lipinski definition) is 4. The second-order valence-corrected chi connectivity index (χ2v) is 6.89. The van der Waals surface area contributed by atoms with Crippen molar-refractivity contribution in [2.45, 2.75) is 6.92 Å². The molecule has 6 heteroatoms. The fourth-order valence-corrected chi connectivity index (χ4v) is 4.19. The minimum absolute atomic E-state index is 0.265. The van der Waals surface area contributed by atoms with Gasteiger partial charge < -0.3 is 10.1 Å². The quantitative estimate of drug-likeness (QED) is 0.545. The van der Waals surface area contributed by atoms with Crippen molar-refractivity contribution >= 4 is 43.9 Å². The average molecular weight is 366 g/mol. The lowest BCUT2D eigenvalue weighted by Gasteiger charge is -2.10. The standard InChI is InChI=1S/C20H15FN2O2S/c1-11-17-13(21)6-3-7-16(17)26-19(11)20(24)23-14-8-9-15(25-2)18-12(14)5-4-10-22-18/h3-10H,1-2H3,(H,23,24). The Balaban J connectivity index is 1.77. The number of rotatable bonds is 3. The first-order valence-corrected chi connectivity index (χ1v) is 8.82. The Labute approximate surface area is 153 Å². The number of halogens is 1. The Morgan fingerprint density at radius 1 is 1.19 bits per heavy atom. The Bertz CT molecular complexity index is 1150. The van der Waals surface area contributed by atoms with E-state index in [0.717, 1.165) is 10.1 Å². The molecule has 0 atom stereocenters. The van der Waals surface area contributed by atoms with Gasteiger partial charge in [-0.3, -0.25) is 9.78 Å². The number of anilines is 1. The van der Waals surface area contributed by atoms with Crippen LogP contribution in [0.3, 0.4) is 0 Å². The molecule has 2 heterocycles. The second kappa shape index (κ2) is 6.38. The van der Waals surface area contributed by atoms with Crippen LogP contribution in [0.2, 0.25) is 0 Å². The summed E-state index contributed by atoms with van der Waals surface area (Å²) < 4.78 is 20.2. The molecule has 2 aromatic carbocycles. The third-order valence-electron chi connectivity index (χ3n) is 4.31. The molecule has 0 spiro atoms. The topological polar surface area (TPSA) is 51.2 Å². The lowest BCUT2D eigenvalue weighted by Crippen LogP contribution is -2.12. The van der Waals surface area contributed by atoms with Gasteiger partial charge in [-0.2, -0.15) is 0 Å². The monoisotopic (exact) mass is 366 g/mol. The number of amides is 1. The van der Waals surface area contributed by atoms with E-state index in [1.807, 2.05) is 12.1 Å². The summed E-state index contributed by atoms with van der Waals surface area (Å²) in [7, 11) is 1.58. The Hall–Kier alpha value is -2.99. The predicted octanol–water partition coefficient (Wildman–Crippen LogP) is 5.16. The van der Waals surface area contributed by atoms with E-state index in [2.05, 4.69) is 10.3 Å². The number of nitrogens with zero attached hydrogens (tertiary/aromatic N) is 1. The number of benzene rings is 2. The van der Waals surface area contributed by atoms with Crippen LogP contribution in [0.4, 0.5) is 10.1 Å². The van der Waals surface area contributed by atoms with E-state index in [4.69, 9.17) is 4.74 Å². The van der Waals surface area contributed by atoms with Gasteiger partial charge in [0, 0.05) is 21.7 Å². The molecule has 0 fully saturated rings.